The molecule has 3 heterocycles. The van der Waals surface area contributed by atoms with Crippen molar-refractivity contribution in [1.29, 1.82) is 0 Å². The number of anilines is 3. The molecule has 0 spiro atoms. The summed E-state index contributed by atoms with van der Waals surface area (Å²) < 4.78 is 0. The number of pyridine rings is 1. The highest BCUT2D eigenvalue weighted by Gasteiger charge is 2.30. The van der Waals surface area contributed by atoms with E-state index in [0.717, 1.165) is 38.3 Å². The van der Waals surface area contributed by atoms with Gasteiger partial charge in [0.1, 0.15) is 12.1 Å². The zero-order valence-electron chi connectivity index (χ0n) is 15.8. The van der Waals surface area contributed by atoms with Gasteiger partial charge in [0.25, 0.3) is 0 Å². The summed E-state index contributed by atoms with van der Waals surface area (Å²) in [5.74, 6) is 1.70. The summed E-state index contributed by atoms with van der Waals surface area (Å²) >= 11 is 0. The van der Waals surface area contributed by atoms with Crippen LogP contribution in [-0.4, -0.2) is 59.6 Å². The van der Waals surface area contributed by atoms with Crippen LogP contribution in [0.4, 0.5) is 23.1 Å². The fourth-order valence-electron chi connectivity index (χ4n) is 3.22. The largest absolute Gasteiger partial charge is 0.354 e. The zero-order chi connectivity index (χ0) is 19.2. The fraction of sp³-hybridized carbons (Fsp3) is 0.500. The van der Waals surface area contributed by atoms with Gasteiger partial charge in [0.15, 0.2) is 0 Å². The van der Waals surface area contributed by atoms with Gasteiger partial charge in [0.2, 0.25) is 11.6 Å². The second-order valence-electron chi connectivity index (χ2n) is 6.56. The van der Waals surface area contributed by atoms with Crippen LogP contribution in [0, 0.1) is 10.1 Å². The van der Waals surface area contributed by atoms with Crippen molar-refractivity contribution < 1.29 is 4.92 Å². The molecule has 1 aliphatic rings. The van der Waals surface area contributed by atoms with E-state index in [0.29, 0.717) is 24.7 Å². The van der Waals surface area contributed by atoms with Gasteiger partial charge in [-0.15, -0.1) is 0 Å². The van der Waals surface area contributed by atoms with Crippen LogP contribution in [0.5, 0.6) is 0 Å². The second kappa shape index (κ2) is 8.61. The summed E-state index contributed by atoms with van der Waals surface area (Å²) in [5.41, 5.74) is -0.0117. The summed E-state index contributed by atoms with van der Waals surface area (Å²) in [4.78, 5) is 30.3. The Labute approximate surface area is 158 Å². The first kappa shape index (κ1) is 18.8. The Morgan fingerprint density at radius 1 is 1.15 bits per heavy atom. The average Bonchev–Trinajstić information content (AvgIpc) is 2.72. The molecule has 0 radical (unpaired) electrons. The standard InChI is InChI=1S/C18H25N7O2/c1-3-4-9-22(2)17-16(25(26)27)18(21-14-20-17)24-12-10-23(11-13-24)15-7-5-6-8-19-15/h5-8,14H,3-4,9-13H2,1-2H3. The van der Waals surface area contributed by atoms with Crippen LogP contribution in [0.2, 0.25) is 0 Å². The number of hydrogen-bond donors (Lipinski definition) is 0. The lowest BCUT2D eigenvalue weighted by Gasteiger charge is -2.35. The summed E-state index contributed by atoms with van der Waals surface area (Å²) in [7, 11) is 1.84. The number of nitrogens with zero attached hydrogens (tertiary/aromatic N) is 7. The predicted octanol–water partition coefficient (Wildman–Crippen LogP) is 2.34. The minimum atomic E-state index is -0.363. The van der Waals surface area contributed by atoms with Crippen molar-refractivity contribution in [3.8, 4) is 0 Å². The predicted molar refractivity (Wildman–Crippen MR) is 106 cm³/mol. The maximum Gasteiger partial charge on any atom is 0.353 e. The number of rotatable bonds is 7. The molecule has 0 aliphatic carbocycles. The van der Waals surface area contributed by atoms with Gasteiger partial charge >= 0.3 is 5.69 Å². The molecule has 1 aliphatic heterocycles. The Bertz CT molecular complexity index is 764. The van der Waals surface area contributed by atoms with Crippen molar-refractivity contribution in [1.82, 2.24) is 15.0 Å². The molecule has 9 nitrogen and oxygen atoms in total. The maximum absolute atomic E-state index is 11.8. The number of nitro groups is 1. The third-order valence-corrected chi connectivity index (χ3v) is 4.73. The Kier molecular flexibility index (Phi) is 6.00. The topological polar surface area (TPSA) is 91.5 Å². The van der Waals surface area contributed by atoms with E-state index >= 15 is 0 Å². The highest BCUT2D eigenvalue weighted by Crippen LogP contribution is 2.34. The summed E-state index contributed by atoms with van der Waals surface area (Å²) in [6.45, 7) is 5.58. The summed E-state index contributed by atoms with van der Waals surface area (Å²) in [6, 6.07) is 5.83. The van der Waals surface area contributed by atoms with Gasteiger partial charge in [0.05, 0.1) is 4.92 Å². The first-order valence-corrected chi connectivity index (χ1v) is 9.23. The molecular weight excluding hydrogens is 346 g/mol. The summed E-state index contributed by atoms with van der Waals surface area (Å²) in [6.07, 6.45) is 5.17. The van der Waals surface area contributed by atoms with Crippen LogP contribution in [0.3, 0.4) is 0 Å². The first-order chi connectivity index (χ1) is 13.1. The van der Waals surface area contributed by atoms with E-state index in [9.17, 15) is 10.1 Å². The van der Waals surface area contributed by atoms with Crippen LogP contribution in [-0.2, 0) is 0 Å². The maximum atomic E-state index is 11.8. The molecule has 0 aromatic carbocycles. The fourth-order valence-corrected chi connectivity index (χ4v) is 3.22. The van der Waals surface area contributed by atoms with Crippen LogP contribution in [0.15, 0.2) is 30.7 Å². The smallest absolute Gasteiger partial charge is 0.353 e. The molecule has 0 amide bonds. The third-order valence-electron chi connectivity index (χ3n) is 4.73. The van der Waals surface area contributed by atoms with Gasteiger partial charge in [-0.2, -0.15) is 0 Å². The van der Waals surface area contributed by atoms with E-state index in [2.05, 4.69) is 26.8 Å². The summed E-state index contributed by atoms with van der Waals surface area (Å²) in [5, 5.41) is 11.8. The molecule has 0 saturated carbocycles. The van der Waals surface area contributed by atoms with Gasteiger partial charge in [0, 0.05) is 46.0 Å². The van der Waals surface area contributed by atoms with Crippen LogP contribution in [0.1, 0.15) is 19.8 Å². The Morgan fingerprint density at radius 3 is 2.52 bits per heavy atom. The molecule has 9 heteroatoms. The normalized spacial score (nSPS) is 14.3. The van der Waals surface area contributed by atoms with E-state index in [1.807, 2.05) is 35.0 Å². The van der Waals surface area contributed by atoms with Crippen molar-refractivity contribution in [2.75, 3.05) is 54.5 Å². The Hall–Kier alpha value is -2.97. The van der Waals surface area contributed by atoms with E-state index in [1.54, 1.807) is 6.20 Å². The molecule has 3 rings (SSSR count). The Morgan fingerprint density at radius 2 is 1.89 bits per heavy atom. The van der Waals surface area contributed by atoms with Crippen molar-refractivity contribution in [2.24, 2.45) is 0 Å². The molecule has 27 heavy (non-hydrogen) atoms. The van der Waals surface area contributed by atoms with Crippen molar-refractivity contribution in [3.63, 3.8) is 0 Å². The molecule has 1 saturated heterocycles. The minimum absolute atomic E-state index is 0.0117. The average molecular weight is 371 g/mol. The van der Waals surface area contributed by atoms with Gasteiger partial charge in [-0.05, 0) is 18.6 Å². The lowest BCUT2D eigenvalue weighted by atomic mass is 10.2. The highest BCUT2D eigenvalue weighted by molar-refractivity contribution is 5.71. The quantitative estimate of drug-likeness (QED) is 0.541. The van der Waals surface area contributed by atoms with Crippen molar-refractivity contribution >= 4 is 23.1 Å². The van der Waals surface area contributed by atoms with E-state index in [1.165, 1.54) is 6.33 Å². The van der Waals surface area contributed by atoms with Crippen LogP contribution in [0.25, 0.3) is 0 Å². The van der Waals surface area contributed by atoms with Gasteiger partial charge in [-0.1, -0.05) is 19.4 Å². The highest BCUT2D eigenvalue weighted by atomic mass is 16.6. The number of piperazine rings is 1. The lowest BCUT2D eigenvalue weighted by Crippen LogP contribution is -2.47. The molecule has 144 valence electrons. The number of aromatic nitrogens is 3. The molecule has 2 aromatic heterocycles. The van der Waals surface area contributed by atoms with E-state index in [-0.39, 0.29) is 10.6 Å². The van der Waals surface area contributed by atoms with E-state index in [4.69, 9.17) is 0 Å². The molecule has 0 N–H and O–H groups in total. The van der Waals surface area contributed by atoms with Gasteiger partial charge in [-0.3, -0.25) is 10.1 Å². The number of hydrogen-bond acceptors (Lipinski definition) is 8. The van der Waals surface area contributed by atoms with E-state index < -0.39 is 0 Å². The van der Waals surface area contributed by atoms with Crippen molar-refractivity contribution in [2.45, 2.75) is 19.8 Å². The number of unbranched alkanes of at least 4 members (excludes halogenated alkanes) is 1. The third kappa shape index (κ3) is 4.24. The molecule has 1 fully saturated rings. The second-order valence-corrected chi connectivity index (χ2v) is 6.56. The SMILES string of the molecule is CCCCN(C)c1ncnc(N2CCN(c3ccccn3)CC2)c1[N+](=O)[O-]. The molecule has 0 bridgehead atoms. The van der Waals surface area contributed by atoms with Crippen LogP contribution >= 0.6 is 0 Å². The van der Waals surface area contributed by atoms with Gasteiger partial charge in [-0.25, -0.2) is 15.0 Å². The van der Waals surface area contributed by atoms with Crippen molar-refractivity contribution in [3.05, 3.63) is 40.8 Å². The van der Waals surface area contributed by atoms with Crippen LogP contribution < -0.4 is 14.7 Å². The minimum Gasteiger partial charge on any atom is -0.354 e. The Balaban J connectivity index is 1.79. The molecule has 2 aromatic rings. The molecular formula is C18H25N7O2. The lowest BCUT2D eigenvalue weighted by molar-refractivity contribution is -0.383. The monoisotopic (exact) mass is 371 g/mol. The molecule has 0 atom stereocenters. The van der Waals surface area contributed by atoms with Gasteiger partial charge < -0.3 is 14.7 Å². The molecule has 0 unspecified atom stereocenters. The zero-order valence-corrected chi connectivity index (χ0v) is 15.8. The first-order valence-electron chi connectivity index (χ1n) is 9.23.